The highest BCUT2D eigenvalue weighted by atomic mass is 19.4. The molecule has 0 aromatic carbocycles. The number of aromatic nitrogens is 1. The van der Waals surface area contributed by atoms with Gasteiger partial charge in [0, 0.05) is 38.2 Å². The minimum Gasteiger partial charge on any atom is -0.483 e. The second-order valence-electron chi connectivity index (χ2n) is 7.40. The van der Waals surface area contributed by atoms with Gasteiger partial charge in [0.05, 0.1) is 11.1 Å². The van der Waals surface area contributed by atoms with E-state index in [2.05, 4.69) is 10.3 Å². The molecule has 11 heteroatoms. The summed E-state index contributed by atoms with van der Waals surface area (Å²) in [6, 6.07) is -0.0623. The molecule has 0 bridgehead atoms. The molecule has 1 saturated heterocycles. The highest BCUT2D eigenvalue weighted by molar-refractivity contribution is 6.01. The fraction of sp³-hybridized carbons (Fsp3) is 0.632. The second kappa shape index (κ2) is 9.57. The molecule has 30 heavy (non-hydrogen) atoms. The van der Waals surface area contributed by atoms with Gasteiger partial charge in [-0.05, 0) is 38.2 Å². The minimum absolute atomic E-state index is 0.0509. The Kier molecular flexibility index (Phi) is 7.59. The van der Waals surface area contributed by atoms with Crippen LogP contribution in [0.1, 0.15) is 60.0 Å². The molecule has 168 valence electrons. The molecule has 0 radical (unpaired) electrons. The van der Waals surface area contributed by atoms with Crippen molar-refractivity contribution in [3.8, 4) is 0 Å². The van der Waals surface area contributed by atoms with Crippen LogP contribution in [0.15, 0.2) is 6.20 Å². The summed E-state index contributed by atoms with van der Waals surface area (Å²) in [5.41, 5.74) is -1.37. The summed E-state index contributed by atoms with van der Waals surface area (Å²) in [5.74, 6) is -3.39. The van der Waals surface area contributed by atoms with E-state index in [1.807, 2.05) is 0 Å². The zero-order valence-corrected chi connectivity index (χ0v) is 16.4. The van der Waals surface area contributed by atoms with Crippen LogP contribution in [-0.4, -0.2) is 47.5 Å². The number of anilines is 1. The summed E-state index contributed by atoms with van der Waals surface area (Å²) in [7, 11) is 0. The van der Waals surface area contributed by atoms with E-state index in [0.29, 0.717) is 6.20 Å². The molecule has 2 N–H and O–H groups in total. The first-order valence-corrected chi connectivity index (χ1v) is 9.58. The zero-order chi connectivity index (χ0) is 22.5. The van der Waals surface area contributed by atoms with E-state index < -0.39 is 30.0 Å². The number of rotatable bonds is 3. The Labute approximate surface area is 170 Å². The molecule has 2 aliphatic rings. The summed E-state index contributed by atoms with van der Waals surface area (Å²) >= 11 is 0. The van der Waals surface area contributed by atoms with E-state index in [1.54, 1.807) is 0 Å². The Morgan fingerprint density at radius 1 is 1.27 bits per heavy atom. The molecule has 2 heterocycles. The van der Waals surface area contributed by atoms with Crippen LogP contribution < -0.4 is 10.2 Å². The van der Waals surface area contributed by atoms with E-state index in [4.69, 9.17) is 9.90 Å². The van der Waals surface area contributed by atoms with Gasteiger partial charge in [-0.3, -0.25) is 9.59 Å². The van der Waals surface area contributed by atoms with Crippen molar-refractivity contribution in [2.24, 2.45) is 0 Å². The maximum absolute atomic E-state index is 13.7. The third kappa shape index (κ3) is 5.79. The van der Waals surface area contributed by atoms with Crippen molar-refractivity contribution in [1.29, 1.82) is 0 Å². The molecular weight excluding hydrogens is 413 g/mol. The number of halogens is 5. The minimum atomic E-state index is -4.65. The van der Waals surface area contributed by atoms with Crippen LogP contribution in [0.2, 0.25) is 0 Å². The van der Waals surface area contributed by atoms with Crippen LogP contribution in [0.25, 0.3) is 0 Å². The van der Waals surface area contributed by atoms with E-state index >= 15 is 0 Å². The van der Waals surface area contributed by atoms with Crippen LogP contribution in [0, 0.1) is 6.92 Å². The Bertz CT molecular complexity index is 767. The number of hydrogen-bond donors (Lipinski definition) is 2. The summed E-state index contributed by atoms with van der Waals surface area (Å²) in [4.78, 5) is 26.5. The summed E-state index contributed by atoms with van der Waals surface area (Å²) in [5, 5.41) is 9.63. The molecule has 1 aliphatic carbocycles. The molecule has 0 unspecified atom stereocenters. The topological polar surface area (TPSA) is 82.5 Å². The van der Waals surface area contributed by atoms with Gasteiger partial charge in [-0.15, -0.1) is 0 Å². The number of amides is 1. The smallest absolute Gasteiger partial charge is 0.418 e. The van der Waals surface area contributed by atoms with Gasteiger partial charge in [0.2, 0.25) is 5.92 Å². The normalized spacial score (nSPS) is 19.1. The monoisotopic (exact) mass is 437 g/mol. The Balaban J connectivity index is 0.00000101. The van der Waals surface area contributed by atoms with Gasteiger partial charge in [-0.25, -0.2) is 13.8 Å². The maximum atomic E-state index is 13.7. The van der Waals surface area contributed by atoms with Crippen molar-refractivity contribution >= 4 is 18.2 Å². The maximum Gasteiger partial charge on any atom is 0.418 e. The molecule has 1 aromatic heterocycles. The highest BCUT2D eigenvalue weighted by Crippen LogP contribution is 2.37. The number of nitrogens with zero attached hydrogens (tertiary/aromatic N) is 2. The van der Waals surface area contributed by atoms with Crippen LogP contribution in [0.3, 0.4) is 0 Å². The molecule has 1 amide bonds. The van der Waals surface area contributed by atoms with Gasteiger partial charge < -0.3 is 15.3 Å². The fourth-order valence-electron chi connectivity index (χ4n) is 3.47. The molecule has 1 aromatic rings. The van der Waals surface area contributed by atoms with Gasteiger partial charge in [0.25, 0.3) is 12.4 Å². The number of hydrogen-bond acceptors (Lipinski definition) is 4. The lowest BCUT2D eigenvalue weighted by Gasteiger charge is -2.29. The quantitative estimate of drug-likeness (QED) is 0.552. The first-order valence-electron chi connectivity index (χ1n) is 9.58. The van der Waals surface area contributed by atoms with Crippen molar-refractivity contribution in [2.45, 2.75) is 63.6 Å². The van der Waals surface area contributed by atoms with E-state index in [1.165, 1.54) is 11.8 Å². The molecule has 0 atom stereocenters. The number of alkyl halides is 5. The van der Waals surface area contributed by atoms with Crippen LogP contribution >= 0.6 is 0 Å². The molecule has 6 nitrogen and oxygen atoms in total. The van der Waals surface area contributed by atoms with Gasteiger partial charge in [0.1, 0.15) is 5.82 Å². The number of pyridine rings is 1. The fourth-order valence-corrected chi connectivity index (χ4v) is 3.47. The van der Waals surface area contributed by atoms with Crippen molar-refractivity contribution in [3.05, 3.63) is 22.9 Å². The average Bonchev–Trinajstić information content (AvgIpc) is 2.78. The van der Waals surface area contributed by atoms with E-state index in [-0.39, 0.29) is 55.4 Å². The number of nitrogens with one attached hydrogen (secondary N) is 1. The number of carboxylic acid groups (broad SMARTS) is 1. The van der Waals surface area contributed by atoms with Crippen LogP contribution in [0.4, 0.5) is 27.8 Å². The largest absolute Gasteiger partial charge is 0.483 e. The molecule has 0 spiro atoms. The Morgan fingerprint density at radius 2 is 1.90 bits per heavy atom. The molecule has 3 rings (SSSR count). The predicted molar refractivity (Wildman–Crippen MR) is 98.8 cm³/mol. The lowest BCUT2D eigenvalue weighted by atomic mass is 9.92. The lowest BCUT2D eigenvalue weighted by molar-refractivity contribution is -0.138. The van der Waals surface area contributed by atoms with Crippen molar-refractivity contribution in [3.63, 3.8) is 0 Å². The average molecular weight is 437 g/mol. The first kappa shape index (κ1) is 23.8. The number of carbonyl (C=O) groups excluding carboxylic acids is 1. The van der Waals surface area contributed by atoms with Gasteiger partial charge in [-0.2, -0.15) is 13.2 Å². The second-order valence-corrected chi connectivity index (χ2v) is 7.40. The summed E-state index contributed by atoms with van der Waals surface area (Å²) < 4.78 is 67.2. The van der Waals surface area contributed by atoms with E-state index in [0.717, 1.165) is 19.3 Å². The standard InChI is InChI=1S/C18H22F5N3O.CH2O2/c1-11-13(18(21,22)23)10-24-15(14(11)16(27)25-12-4-2-5-12)26-8-3-6-17(19,20)7-9-26;2-1-3/h10,12H,2-9H2,1H3,(H,25,27);1H,(H,2,3). The van der Waals surface area contributed by atoms with Gasteiger partial charge in [0.15, 0.2) is 0 Å². The third-order valence-corrected chi connectivity index (χ3v) is 5.31. The van der Waals surface area contributed by atoms with Crippen molar-refractivity contribution in [1.82, 2.24) is 10.3 Å². The van der Waals surface area contributed by atoms with Crippen molar-refractivity contribution in [2.75, 3.05) is 18.0 Å². The van der Waals surface area contributed by atoms with Crippen LogP contribution in [-0.2, 0) is 11.0 Å². The highest BCUT2D eigenvalue weighted by Gasteiger charge is 2.38. The zero-order valence-electron chi connectivity index (χ0n) is 16.4. The number of carbonyl (C=O) groups is 2. The van der Waals surface area contributed by atoms with Gasteiger partial charge in [-0.1, -0.05) is 0 Å². The van der Waals surface area contributed by atoms with Crippen molar-refractivity contribution < 1.29 is 36.6 Å². The Hall–Kier alpha value is -2.46. The SMILES string of the molecule is Cc1c(C(F)(F)F)cnc(N2CCCC(F)(F)CC2)c1C(=O)NC1CCC1.O=CO. The lowest BCUT2D eigenvalue weighted by Crippen LogP contribution is -2.41. The first-order chi connectivity index (χ1) is 14.0. The van der Waals surface area contributed by atoms with E-state index in [9.17, 15) is 26.7 Å². The molecular formula is C19H24F5N3O3. The Morgan fingerprint density at radius 3 is 2.43 bits per heavy atom. The van der Waals surface area contributed by atoms with Crippen LogP contribution in [0.5, 0.6) is 0 Å². The van der Waals surface area contributed by atoms with Gasteiger partial charge >= 0.3 is 6.18 Å². The molecule has 1 aliphatic heterocycles. The molecule has 1 saturated carbocycles. The third-order valence-electron chi connectivity index (χ3n) is 5.31. The summed E-state index contributed by atoms with van der Waals surface area (Å²) in [6.45, 7) is 1.14. The molecule has 2 fully saturated rings. The summed E-state index contributed by atoms with van der Waals surface area (Å²) in [6.07, 6.45) is -1.96. The predicted octanol–water partition coefficient (Wildman–Crippen LogP) is 4.02.